The Morgan fingerprint density at radius 2 is 1.67 bits per heavy atom. The average molecular weight is 611 g/mol. The highest BCUT2D eigenvalue weighted by atomic mass is 32.2. The Morgan fingerprint density at radius 1 is 0.977 bits per heavy atom. The van der Waals surface area contributed by atoms with Crippen molar-refractivity contribution in [3.8, 4) is 5.69 Å². The predicted octanol–water partition coefficient (Wildman–Crippen LogP) is 3.16. The molecule has 3 N–H and O–H groups in total. The molecule has 0 atom stereocenters. The molecule has 4 heterocycles. The fraction of sp³-hybridized carbons (Fsp3) is 0.407. The van der Waals surface area contributed by atoms with Gasteiger partial charge in [-0.3, -0.25) is 14.9 Å². The summed E-state index contributed by atoms with van der Waals surface area (Å²) < 4.78 is 39.6. The molecule has 16 heteroatoms. The predicted molar refractivity (Wildman–Crippen MR) is 161 cm³/mol. The summed E-state index contributed by atoms with van der Waals surface area (Å²) in [6.45, 7) is 9.05. The monoisotopic (exact) mass is 610 g/mol. The van der Waals surface area contributed by atoms with E-state index in [1.807, 2.05) is 0 Å². The van der Waals surface area contributed by atoms with Crippen molar-refractivity contribution < 1.29 is 22.7 Å². The Balaban J connectivity index is 1.19. The van der Waals surface area contributed by atoms with Crippen LogP contribution in [0, 0.1) is 0 Å². The Kier molecular flexibility index (Phi) is 8.98. The largest absolute Gasteiger partial charge is 0.444 e. The van der Waals surface area contributed by atoms with Gasteiger partial charge in [0.15, 0.2) is 5.65 Å². The van der Waals surface area contributed by atoms with Crippen LogP contribution in [0.5, 0.6) is 0 Å². The minimum Gasteiger partial charge on any atom is -0.444 e. The number of rotatable bonds is 10. The topological polar surface area (TPSA) is 178 Å². The summed E-state index contributed by atoms with van der Waals surface area (Å²) >= 11 is 0. The number of nitrogens with one attached hydrogen (secondary N) is 3. The smallest absolute Gasteiger partial charge is 0.412 e. The molecule has 0 unspecified atom stereocenters. The lowest BCUT2D eigenvalue weighted by atomic mass is 10.2. The zero-order valence-corrected chi connectivity index (χ0v) is 25.0. The zero-order chi connectivity index (χ0) is 30.5. The molecule has 5 rings (SSSR count). The van der Waals surface area contributed by atoms with Gasteiger partial charge in [0.05, 0.1) is 54.3 Å². The Bertz CT molecular complexity index is 1650. The van der Waals surface area contributed by atoms with Crippen LogP contribution in [0.25, 0.3) is 16.7 Å². The van der Waals surface area contributed by atoms with Crippen molar-refractivity contribution in [1.29, 1.82) is 0 Å². The molecule has 0 aliphatic carbocycles. The van der Waals surface area contributed by atoms with Crippen LogP contribution in [0.2, 0.25) is 0 Å². The van der Waals surface area contributed by atoms with Crippen LogP contribution in [0.1, 0.15) is 27.2 Å². The third-order valence-electron chi connectivity index (χ3n) is 6.21. The Morgan fingerprint density at radius 3 is 2.37 bits per heavy atom. The molecule has 1 aliphatic heterocycles. The van der Waals surface area contributed by atoms with Crippen molar-refractivity contribution in [2.24, 2.45) is 0 Å². The number of sulfonamides is 1. The highest BCUT2D eigenvalue weighted by molar-refractivity contribution is 7.92. The van der Waals surface area contributed by atoms with Gasteiger partial charge >= 0.3 is 6.09 Å². The van der Waals surface area contributed by atoms with Gasteiger partial charge in [-0.25, -0.2) is 32.8 Å². The number of morpholine rings is 1. The summed E-state index contributed by atoms with van der Waals surface area (Å²) in [4.78, 5) is 31.4. The number of aromatic nitrogens is 6. The number of hydrogen-bond donors (Lipinski definition) is 3. The number of carbonyl (C=O) groups is 1. The van der Waals surface area contributed by atoms with Gasteiger partial charge in [0.1, 0.15) is 5.60 Å². The maximum Gasteiger partial charge on any atom is 0.412 e. The highest BCUT2D eigenvalue weighted by Crippen LogP contribution is 2.21. The first kappa shape index (κ1) is 30.1. The maximum atomic E-state index is 12.5. The molecule has 1 amide bonds. The van der Waals surface area contributed by atoms with Crippen LogP contribution < -0.4 is 15.4 Å². The lowest BCUT2D eigenvalue weighted by Gasteiger charge is -2.26. The van der Waals surface area contributed by atoms with Gasteiger partial charge in [-0.05, 0) is 58.0 Å². The molecule has 0 spiro atoms. The molecule has 43 heavy (non-hydrogen) atoms. The number of benzene rings is 1. The maximum absolute atomic E-state index is 12.5. The van der Waals surface area contributed by atoms with Crippen molar-refractivity contribution in [2.45, 2.75) is 32.8 Å². The summed E-state index contributed by atoms with van der Waals surface area (Å²) in [5.74, 6) is 0.228. The number of ether oxygens (including phenoxy) is 2. The number of amides is 1. The first-order chi connectivity index (χ1) is 20.5. The second kappa shape index (κ2) is 12.8. The van der Waals surface area contributed by atoms with Gasteiger partial charge in [0, 0.05) is 25.0 Å². The fourth-order valence-corrected chi connectivity index (χ4v) is 5.24. The van der Waals surface area contributed by atoms with E-state index in [-0.39, 0.29) is 17.6 Å². The Labute approximate surface area is 249 Å². The summed E-state index contributed by atoms with van der Waals surface area (Å²) in [5, 5.41) is 10.9. The molecule has 228 valence electrons. The quantitative estimate of drug-likeness (QED) is 0.239. The molecule has 0 saturated carbocycles. The van der Waals surface area contributed by atoms with Crippen molar-refractivity contribution in [2.75, 3.05) is 54.0 Å². The van der Waals surface area contributed by atoms with Crippen LogP contribution in [-0.2, 0) is 19.5 Å². The molecule has 4 aromatic rings. The first-order valence-corrected chi connectivity index (χ1v) is 15.4. The van der Waals surface area contributed by atoms with E-state index in [2.05, 4.69) is 45.3 Å². The van der Waals surface area contributed by atoms with E-state index in [1.54, 1.807) is 62.1 Å². The molecule has 0 bridgehead atoms. The first-order valence-electron chi connectivity index (χ1n) is 13.7. The van der Waals surface area contributed by atoms with Crippen LogP contribution >= 0.6 is 0 Å². The highest BCUT2D eigenvalue weighted by Gasteiger charge is 2.17. The van der Waals surface area contributed by atoms with Crippen LogP contribution in [0.3, 0.4) is 0 Å². The summed E-state index contributed by atoms with van der Waals surface area (Å²) in [7, 11) is -3.59. The van der Waals surface area contributed by atoms with Crippen LogP contribution in [0.15, 0.2) is 49.1 Å². The van der Waals surface area contributed by atoms with E-state index in [0.717, 1.165) is 24.2 Å². The molecule has 1 aliphatic rings. The van der Waals surface area contributed by atoms with E-state index < -0.39 is 21.7 Å². The molecule has 15 nitrogen and oxygen atoms in total. The number of hydrogen-bond acceptors (Lipinski definition) is 12. The molecule has 3 aromatic heterocycles. The summed E-state index contributed by atoms with van der Waals surface area (Å²) in [6.07, 6.45) is 6.13. The van der Waals surface area contributed by atoms with E-state index in [0.29, 0.717) is 43.2 Å². The Hall–Kier alpha value is -4.41. The van der Waals surface area contributed by atoms with Crippen molar-refractivity contribution >= 4 is 50.4 Å². The number of carbonyl (C=O) groups excluding carboxylic acids is 1. The van der Waals surface area contributed by atoms with Crippen LogP contribution in [-0.4, -0.2) is 93.3 Å². The van der Waals surface area contributed by atoms with E-state index in [1.165, 1.54) is 12.4 Å². The number of fused-ring (bicyclic) bond motifs is 1. The zero-order valence-electron chi connectivity index (χ0n) is 24.1. The van der Waals surface area contributed by atoms with Crippen molar-refractivity contribution in [3.05, 3.63) is 49.1 Å². The SMILES string of the molecule is CC(C)(C)OC(=O)Nc1ccc(-n2ncc3cnc(Nc4cnc(NS(=O)(=O)CCCN5CCOCC5)nc4)nc32)cc1. The summed E-state index contributed by atoms with van der Waals surface area (Å²) in [6, 6.07) is 7.07. The minimum atomic E-state index is -3.59. The second-order valence-electron chi connectivity index (χ2n) is 10.9. The molecule has 1 aromatic carbocycles. The standard InChI is InChI=1S/C27H34N10O5S/c1-27(2,3)42-26(38)33-20-5-7-22(8-6-20)37-23-19(16-31-37)15-28-25(34-23)32-21-17-29-24(30-18-21)35-43(39,40)14-4-9-36-10-12-41-13-11-36/h5-8,15-18H,4,9-14H2,1-3H3,(H,33,38)(H,28,32,34)(H,29,30,35). The van der Waals surface area contributed by atoms with Gasteiger partial charge in [-0.2, -0.15) is 10.1 Å². The molecule has 1 fully saturated rings. The van der Waals surface area contributed by atoms with Gasteiger partial charge in [-0.1, -0.05) is 0 Å². The van der Waals surface area contributed by atoms with Gasteiger partial charge < -0.3 is 14.8 Å². The fourth-order valence-electron chi connectivity index (χ4n) is 4.24. The molecule has 1 saturated heterocycles. The summed E-state index contributed by atoms with van der Waals surface area (Å²) in [5.41, 5.74) is 1.72. The number of nitrogens with zero attached hydrogens (tertiary/aromatic N) is 7. The van der Waals surface area contributed by atoms with Gasteiger partial charge in [-0.15, -0.1) is 0 Å². The third-order valence-corrected chi connectivity index (χ3v) is 7.53. The average Bonchev–Trinajstić information content (AvgIpc) is 3.37. The van der Waals surface area contributed by atoms with Crippen molar-refractivity contribution in [1.82, 2.24) is 34.6 Å². The van der Waals surface area contributed by atoms with Crippen molar-refractivity contribution in [3.63, 3.8) is 0 Å². The van der Waals surface area contributed by atoms with E-state index in [4.69, 9.17) is 9.47 Å². The lowest BCUT2D eigenvalue weighted by Crippen LogP contribution is -2.37. The molecular formula is C27H34N10O5S. The van der Waals surface area contributed by atoms with Gasteiger partial charge in [0.2, 0.25) is 21.9 Å². The van der Waals surface area contributed by atoms with Gasteiger partial charge in [0.25, 0.3) is 0 Å². The van der Waals surface area contributed by atoms with E-state index >= 15 is 0 Å². The second-order valence-corrected chi connectivity index (χ2v) is 12.7. The lowest BCUT2D eigenvalue weighted by molar-refractivity contribution is 0.0381. The normalized spacial score (nSPS) is 14.4. The number of anilines is 4. The minimum absolute atomic E-state index is 0.0176. The van der Waals surface area contributed by atoms with E-state index in [9.17, 15) is 13.2 Å². The molecular weight excluding hydrogens is 576 g/mol. The van der Waals surface area contributed by atoms with Crippen LogP contribution in [0.4, 0.5) is 28.1 Å². The third kappa shape index (κ3) is 8.56. The molecule has 0 radical (unpaired) electrons.